The zero-order valence-electron chi connectivity index (χ0n) is 11.5. The lowest BCUT2D eigenvalue weighted by atomic mass is 10.1. The fraction of sp³-hybridized carbons (Fsp3) is 0.250. The standard InChI is InChI=1S/C16H17BrFNO/c1-11(14-9-13(18)7-8-16(14)20-2)19-10-12-5-3-4-6-15(12)17/h3-9,11,19H,10H2,1-2H3. The zero-order chi connectivity index (χ0) is 14.5. The summed E-state index contributed by atoms with van der Waals surface area (Å²) in [6.07, 6.45) is 0. The molecule has 2 nitrogen and oxygen atoms in total. The van der Waals surface area contributed by atoms with Crippen LogP contribution in [0.15, 0.2) is 46.9 Å². The Morgan fingerprint density at radius 1 is 1.25 bits per heavy atom. The van der Waals surface area contributed by atoms with E-state index in [1.807, 2.05) is 31.2 Å². The number of ether oxygens (including phenoxy) is 1. The lowest BCUT2D eigenvalue weighted by molar-refractivity contribution is 0.399. The molecule has 0 aromatic heterocycles. The number of methoxy groups -OCH3 is 1. The molecule has 0 bridgehead atoms. The van der Waals surface area contributed by atoms with Crippen molar-refractivity contribution in [2.45, 2.75) is 19.5 Å². The summed E-state index contributed by atoms with van der Waals surface area (Å²) in [5, 5.41) is 3.38. The molecule has 106 valence electrons. The molecule has 1 atom stereocenters. The SMILES string of the molecule is COc1ccc(F)cc1C(C)NCc1ccccc1Br. The Kier molecular flexibility index (Phi) is 5.15. The normalized spacial score (nSPS) is 12.2. The van der Waals surface area contributed by atoms with Crippen molar-refractivity contribution in [3.63, 3.8) is 0 Å². The first-order valence-electron chi connectivity index (χ1n) is 6.42. The van der Waals surface area contributed by atoms with Crippen LogP contribution < -0.4 is 10.1 Å². The van der Waals surface area contributed by atoms with Gasteiger partial charge in [-0.1, -0.05) is 34.1 Å². The average Bonchev–Trinajstić information content (AvgIpc) is 2.46. The molecular formula is C16H17BrFNO. The summed E-state index contributed by atoms with van der Waals surface area (Å²) in [5.74, 6) is 0.439. The molecule has 0 aliphatic carbocycles. The summed E-state index contributed by atoms with van der Waals surface area (Å²) in [5.41, 5.74) is 1.98. The molecule has 20 heavy (non-hydrogen) atoms. The highest BCUT2D eigenvalue weighted by molar-refractivity contribution is 9.10. The summed E-state index contributed by atoms with van der Waals surface area (Å²) in [4.78, 5) is 0. The summed E-state index contributed by atoms with van der Waals surface area (Å²) in [7, 11) is 1.59. The second-order valence-electron chi connectivity index (χ2n) is 4.58. The second kappa shape index (κ2) is 6.86. The molecular weight excluding hydrogens is 321 g/mol. The van der Waals surface area contributed by atoms with Crippen molar-refractivity contribution in [1.29, 1.82) is 0 Å². The fourth-order valence-electron chi connectivity index (χ4n) is 2.06. The van der Waals surface area contributed by atoms with Crippen LogP contribution in [0.4, 0.5) is 4.39 Å². The molecule has 2 rings (SSSR count). The Balaban J connectivity index is 2.11. The summed E-state index contributed by atoms with van der Waals surface area (Å²) >= 11 is 3.52. The maximum Gasteiger partial charge on any atom is 0.123 e. The number of hydrogen-bond donors (Lipinski definition) is 1. The number of benzene rings is 2. The number of rotatable bonds is 5. The van der Waals surface area contributed by atoms with Crippen LogP contribution in [0, 0.1) is 5.82 Å². The lowest BCUT2D eigenvalue weighted by Gasteiger charge is -2.18. The van der Waals surface area contributed by atoms with Crippen molar-refractivity contribution in [2.24, 2.45) is 0 Å². The van der Waals surface area contributed by atoms with Gasteiger partial charge in [0.25, 0.3) is 0 Å². The van der Waals surface area contributed by atoms with Gasteiger partial charge in [0, 0.05) is 22.6 Å². The van der Waals surface area contributed by atoms with Crippen LogP contribution in [-0.4, -0.2) is 7.11 Å². The summed E-state index contributed by atoms with van der Waals surface area (Å²) in [6, 6.07) is 12.6. The van der Waals surface area contributed by atoms with E-state index in [0.717, 1.165) is 15.6 Å². The third kappa shape index (κ3) is 3.58. The van der Waals surface area contributed by atoms with Crippen LogP contribution in [0.1, 0.15) is 24.1 Å². The molecule has 0 saturated carbocycles. The van der Waals surface area contributed by atoms with Gasteiger partial charge in [-0.2, -0.15) is 0 Å². The molecule has 0 aliphatic rings. The minimum absolute atomic E-state index is 0.00671. The first-order chi connectivity index (χ1) is 9.61. The Labute approximate surface area is 127 Å². The van der Waals surface area contributed by atoms with Crippen LogP contribution in [-0.2, 0) is 6.54 Å². The van der Waals surface area contributed by atoms with E-state index < -0.39 is 0 Å². The number of nitrogens with one attached hydrogen (secondary N) is 1. The Hall–Kier alpha value is -1.39. The minimum atomic E-state index is -0.254. The van der Waals surface area contributed by atoms with E-state index in [2.05, 4.69) is 21.2 Å². The number of halogens is 2. The van der Waals surface area contributed by atoms with Crippen LogP contribution in [0.3, 0.4) is 0 Å². The second-order valence-corrected chi connectivity index (χ2v) is 5.43. The maximum atomic E-state index is 13.4. The lowest BCUT2D eigenvalue weighted by Crippen LogP contribution is -2.19. The smallest absolute Gasteiger partial charge is 0.123 e. The molecule has 0 aliphatic heterocycles. The molecule has 1 unspecified atom stereocenters. The van der Waals surface area contributed by atoms with Crippen molar-refractivity contribution >= 4 is 15.9 Å². The summed E-state index contributed by atoms with van der Waals surface area (Å²) in [6.45, 7) is 2.69. The van der Waals surface area contributed by atoms with E-state index in [1.54, 1.807) is 13.2 Å². The van der Waals surface area contributed by atoms with Crippen molar-refractivity contribution in [2.75, 3.05) is 7.11 Å². The van der Waals surface area contributed by atoms with Gasteiger partial charge in [-0.05, 0) is 36.8 Å². The largest absolute Gasteiger partial charge is 0.496 e. The van der Waals surface area contributed by atoms with Gasteiger partial charge in [-0.25, -0.2) is 4.39 Å². The van der Waals surface area contributed by atoms with Crippen LogP contribution in [0.2, 0.25) is 0 Å². The molecule has 0 fully saturated rings. The molecule has 1 N–H and O–H groups in total. The van der Waals surface area contributed by atoms with Crippen molar-refractivity contribution < 1.29 is 9.13 Å². The van der Waals surface area contributed by atoms with Crippen LogP contribution >= 0.6 is 15.9 Å². The fourth-order valence-corrected chi connectivity index (χ4v) is 2.48. The van der Waals surface area contributed by atoms with E-state index >= 15 is 0 Å². The van der Waals surface area contributed by atoms with E-state index in [9.17, 15) is 4.39 Å². The van der Waals surface area contributed by atoms with Gasteiger partial charge < -0.3 is 10.1 Å². The molecule has 4 heteroatoms. The van der Waals surface area contributed by atoms with Crippen molar-refractivity contribution in [3.8, 4) is 5.75 Å². The van der Waals surface area contributed by atoms with Gasteiger partial charge in [-0.15, -0.1) is 0 Å². The monoisotopic (exact) mass is 337 g/mol. The summed E-state index contributed by atoms with van der Waals surface area (Å²) < 4.78 is 19.7. The van der Waals surface area contributed by atoms with Gasteiger partial charge in [0.05, 0.1) is 7.11 Å². The first kappa shape index (κ1) is 15.0. The van der Waals surface area contributed by atoms with Gasteiger partial charge >= 0.3 is 0 Å². The molecule has 0 amide bonds. The minimum Gasteiger partial charge on any atom is -0.496 e. The Morgan fingerprint density at radius 3 is 2.70 bits per heavy atom. The molecule has 0 radical (unpaired) electrons. The third-order valence-electron chi connectivity index (χ3n) is 3.21. The molecule has 0 saturated heterocycles. The van der Waals surface area contributed by atoms with Gasteiger partial charge in [0.2, 0.25) is 0 Å². The van der Waals surface area contributed by atoms with Gasteiger partial charge in [-0.3, -0.25) is 0 Å². The Bertz CT molecular complexity index is 588. The van der Waals surface area contributed by atoms with E-state index in [-0.39, 0.29) is 11.9 Å². The highest BCUT2D eigenvalue weighted by Gasteiger charge is 2.12. The maximum absolute atomic E-state index is 13.4. The zero-order valence-corrected chi connectivity index (χ0v) is 13.1. The topological polar surface area (TPSA) is 21.3 Å². The third-order valence-corrected chi connectivity index (χ3v) is 3.99. The quantitative estimate of drug-likeness (QED) is 0.870. The first-order valence-corrected chi connectivity index (χ1v) is 7.21. The highest BCUT2D eigenvalue weighted by atomic mass is 79.9. The predicted molar refractivity (Wildman–Crippen MR) is 82.3 cm³/mol. The molecule has 0 heterocycles. The number of hydrogen-bond acceptors (Lipinski definition) is 2. The van der Waals surface area contributed by atoms with E-state index in [4.69, 9.17) is 4.74 Å². The van der Waals surface area contributed by atoms with E-state index in [1.165, 1.54) is 12.1 Å². The Morgan fingerprint density at radius 2 is 2.00 bits per heavy atom. The van der Waals surface area contributed by atoms with Crippen LogP contribution in [0.5, 0.6) is 5.75 Å². The molecule has 0 spiro atoms. The highest BCUT2D eigenvalue weighted by Crippen LogP contribution is 2.26. The van der Waals surface area contributed by atoms with Crippen molar-refractivity contribution in [3.05, 3.63) is 63.9 Å². The van der Waals surface area contributed by atoms with E-state index in [0.29, 0.717) is 12.3 Å². The van der Waals surface area contributed by atoms with Crippen LogP contribution in [0.25, 0.3) is 0 Å². The van der Waals surface area contributed by atoms with Crippen molar-refractivity contribution in [1.82, 2.24) is 5.32 Å². The predicted octanol–water partition coefficient (Wildman–Crippen LogP) is 4.45. The molecule has 2 aromatic carbocycles. The van der Waals surface area contributed by atoms with Gasteiger partial charge in [0.1, 0.15) is 11.6 Å². The molecule has 2 aromatic rings. The van der Waals surface area contributed by atoms with Gasteiger partial charge in [0.15, 0.2) is 0 Å². The average molecular weight is 338 g/mol.